The van der Waals surface area contributed by atoms with Gasteiger partial charge >= 0.3 is 0 Å². The second-order valence-electron chi connectivity index (χ2n) is 6.43. The summed E-state index contributed by atoms with van der Waals surface area (Å²) in [6.07, 6.45) is 5.63. The number of hydrogen-bond donors (Lipinski definition) is 1. The molecule has 0 radical (unpaired) electrons. The summed E-state index contributed by atoms with van der Waals surface area (Å²) in [5.74, 6) is -0.0804. The van der Waals surface area contributed by atoms with Crippen molar-refractivity contribution >= 4 is 5.91 Å². The maximum absolute atomic E-state index is 12.5. The third kappa shape index (κ3) is 4.71. The molecule has 0 bridgehead atoms. The first-order chi connectivity index (χ1) is 12.8. The van der Waals surface area contributed by atoms with E-state index >= 15 is 0 Å². The Balaban J connectivity index is 1.46. The van der Waals surface area contributed by atoms with Crippen molar-refractivity contribution in [2.75, 3.05) is 26.4 Å². The van der Waals surface area contributed by atoms with Gasteiger partial charge in [0, 0.05) is 19.8 Å². The van der Waals surface area contributed by atoms with Crippen molar-refractivity contribution in [2.24, 2.45) is 0 Å². The van der Waals surface area contributed by atoms with Crippen molar-refractivity contribution in [1.82, 2.24) is 15.1 Å². The number of hydrogen-bond acceptors (Lipinski definition) is 4. The lowest BCUT2D eigenvalue weighted by Crippen LogP contribution is -2.26. The molecule has 1 N–H and O–H groups in total. The number of rotatable bonds is 9. The Bertz CT molecular complexity index is 694. The van der Waals surface area contributed by atoms with E-state index in [1.54, 1.807) is 6.20 Å². The molecule has 140 valence electrons. The Morgan fingerprint density at radius 2 is 2.23 bits per heavy atom. The monoisotopic (exact) mass is 357 g/mol. The lowest BCUT2D eigenvalue weighted by molar-refractivity contribution is 0.0166. The fourth-order valence-electron chi connectivity index (χ4n) is 3.16. The van der Waals surface area contributed by atoms with Gasteiger partial charge in [-0.3, -0.25) is 4.79 Å². The molecule has 2 aromatic rings. The molecule has 1 aliphatic rings. The highest BCUT2D eigenvalue weighted by Crippen LogP contribution is 2.15. The number of para-hydroxylation sites is 1. The van der Waals surface area contributed by atoms with Gasteiger partial charge in [-0.15, -0.1) is 0 Å². The fourth-order valence-corrected chi connectivity index (χ4v) is 3.16. The van der Waals surface area contributed by atoms with Gasteiger partial charge in [0.1, 0.15) is 0 Å². The molecule has 1 amide bonds. The highest BCUT2D eigenvalue weighted by Gasteiger charge is 2.17. The topological polar surface area (TPSA) is 65.4 Å². The van der Waals surface area contributed by atoms with Crippen LogP contribution in [-0.4, -0.2) is 48.2 Å². The molecule has 1 atom stereocenters. The Labute approximate surface area is 154 Å². The normalized spacial score (nSPS) is 16.7. The number of nitrogens with one attached hydrogen (secondary N) is 1. The van der Waals surface area contributed by atoms with Crippen molar-refractivity contribution in [3.63, 3.8) is 0 Å². The van der Waals surface area contributed by atoms with Crippen LogP contribution in [0.3, 0.4) is 0 Å². The Morgan fingerprint density at radius 1 is 1.38 bits per heavy atom. The second-order valence-corrected chi connectivity index (χ2v) is 6.43. The van der Waals surface area contributed by atoms with E-state index in [1.807, 2.05) is 41.9 Å². The van der Waals surface area contributed by atoms with Gasteiger partial charge in [-0.1, -0.05) is 25.1 Å². The summed E-state index contributed by atoms with van der Waals surface area (Å²) in [7, 11) is 0. The van der Waals surface area contributed by atoms with Crippen LogP contribution < -0.4 is 5.32 Å². The minimum Gasteiger partial charge on any atom is -0.379 e. The van der Waals surface area contributed by atoms with Crippen molar-refractivity contribution in [2.45, 2.75) is 38.7 Å². The van der Waals surface area contributed by atoms with Crippen LogP contribution in [0, 0.1) is 0 Å². The molecule has 0 saturated carbocycles. The largest absolute Gasteiger partial charge is 0.379 e. The predicted octanol–water partition coefficient (Wildman–Crippen LogP) is 2.75. The van der Waals surface area contributed by atoms with E-state index in [9.17, 15) is 4.79 Å². The van der Waals surface area contributed by atoms with E-state index in [4.69, 9.17) is 9.47 Å². The summed E-state index contributed by atoms with van der Waals surface area (Å²) < 4.78 is 13.0. The lowest BCUT2D eigenvalue weighted by Gasteiger charge is -2.10. The first kappa shape index (κ1) is 18.6. The number of benzene rings is 1. The summed E-state index contributed by atoms with van der Waals surface area (Å²) in [6.45, 7) is 4.75. The van der Waals surface area contributed by atoms with Gasteiger partial charge in [-0.2, -0.15) is 5.10 Å². The average Bonchev–Trinajstić information content (AvgIpc) is 3.34. The number of carbonyl (C=O) groups is 1. The first-order valence-electron chi connectivity index (χ1n) is 9.39. The zero-order valence-electron chi connectivity index (χ0n) is 15.3. The van der Waals surface area contributed by atoms with Crippen LogP contribution in [0.4, 0.5) is 0 Å². The summed E-state index contributed by atoms with van der Waals surface area (Å²) >= 11 is 0. The number of nitrogens with zero attached hydrogens (tertiary/aromatic N) is 2. The van der Waals surface area contributed by atoms with E-state index in [1.165, 1.54) is 0 Å². The maximum Gasteiger partial charge on any atom is 0.254 e. The molecule has 1 saturated heterocycles. The Morgan fingerprint density at radius 3 is 2.96 bits per heavy atom. The number of amides is 1. The standard InChI is InChI=1S/C20H27N3O3/c1-2-19-18(14-22-23(19)16-8-4-3-5-9-16)20(24)21-11-7-12-25-15-17-10-6-13-26-17/h3-5,8-9,14,17H,2,6-7,10-13,15H2,1H3,(H,21,24). The van der Waals surface area contributed by atoms with Crippen molar-refractivity contribution in [1.29, 1.82) is 0 Å². The van der Waals surface area contributed by atoms with Gasteiger partial charge in [0.15, 0.2) is 0 Å². The molecule has 0 spiro atoms. The van der Waals surface area contributed by atoms with Gasteiger partial charge in [-0.25, -0.2) is 4.68 Å². The van der Waals surface area contributed by atoms with Crippen LogP contribution >= 0.6 is 0 Å². The van der Waals surface area contributed by atoms with Crippen molar-refractivity contribution < 1.29 is 14.3 Å². The SMILES string of the molecule is CCc1c(C(=O)NCCCOCC2CCCO2)cnn1-c1ccccc1. The van der Waals surface area contributed by atoms with E-state index in [2.05, 4.69) is 10.4 Å². The second kappa shape index (κ2) is 9.50. The number of carbonyl (C=O) groups excluding carboxylic acids is 1. The van der Waals surface area contributed by atoms with Crippen LogP contribution in [-0.2, 0) is 15.9 Å². The summed E-state index contributed by atoms with van der Waals surface area (Å²) in [5.41, 5.74) is 2.52. The molecular formula is C20H27N3O3. The first-order valence-corrected chi connectivity index (χ1v) is 9.39. The Hall–Kier alpha value is -2.18. The average molecular weight is 357 g/mol. The highest BCUT2D eigenvalue weighted by atomic mass is 16.5. The van der Waals surface area contributed by atoms with Crippen LogP contribution in [0.25, 0.3) is 5.69 Å². The Kier molecular flexibility index (Phi) is 6.80. The molecule has 3 rings (SSSR count). The molecule has 0 aliphatic carbocycles. The lowest BCUT2D eigenvalue weighted by atomic mass is 10.2. The number of aromatic nitrogens is 2. The molecule has 1 unspecified atom stereocenters. The quantitative estimate of drug-likeness (QED) is 0.701. The van der Waals surface area contributed by atoms with Gasteiger partial charge in [0.05, 0.1) is 35.9 Å². The van der Waals surface area contributed by atoms with E-state index < -0.39 is 0 Å². The smallest absolute Gasteiger partial charge is 0.254 e. The van der Waals surface area contributed by atoms with Gasteiger partial charge < -0.3 is 14.8 Å². The van der Waals surface area contributed by atoms with Crippen LogP contribution in [0.15, 0.2) is 36.5 Å². The van der Waals surface area contributed by atoms with E-state index in [0.29, 0.717) is 25.3 Å². The summed E-state index contributed by atoms with van der Waals surface area (Å²) in [5, 5.41) is 7.36. The molecule has 1 fully saturated rings. The molecule has 2 heterocycles. The zero-order valence-corrected chi connectivity index (χ0v) is 15.3. The number of ether oxygens (including phenoxy) is 2. The molecule has 26 heavy (non-hydrogen) atoms. The molecule has 1 aromatic heterocycles. The molecule has 6 nitrogen and oxygen atoms in total. The zero-order chi connectivity index (χ0) is 18.2. The van der Waals surface area contributed by atoms with Gasteiger partial charge in [0.25, 0.3) is 5.91 Å². The minimum absolute atomic E-state index is 0.0804. The molecule has 1 aliphatic heterocycles. The van der Waals surface area contributed by atoms with E-state index in [0.717, 1.165) is 43.7 Å². The van der Waals surface area contributed by atoms with Crippen LogP contribution in [0.2, 0.25) is 0 Å². The highest BCUT2D eigenvalue weighted by molar-refractivity contribution is 5.95. The minimum atomic E-state index is -0.0804. The van der Waals surface area contributed by atoms with Crippen molar-refractivity contribution in [3.05, 3.63) is 47.8 Å². The van der Waals surface area contributed by atoms with E-state index in [-0.39, 0.29) is 12.0 Å². The summed E-state index contributed by atoms with van der Waals surface area (Å²) in [6, 6.07) is 9.87. The summed E-state index contributed by atoms with van der Waals surface area (Å²) in [4.78, 5) is 12.5. The third-order valence-corrected chi connectivity index (χ3v) is 4.53. The van der Waals surface area contributed by atoms with Crippen LogP contribution in [0.1, 0.15) is 42.2 Å². The van der Waals surface area contributed by atoms with Crippen molar-refractivity contribution in [3.8, 4) is 5.69 Å². The fraction of sp³-hybridized carbons (Fsp3) is 0.500. The maximum atomic E-state index is 12.5. The molecule has 1 aromatic carbocycles. The van der Waals surface area contributed by atoms with Gasteiger partial charge in [-0.05, 0) is 37.8 Å². The molecule has 6 heteroatoms. The van der Waals surface area contributed by atoms with Crippen LogP contribution in [0.5, 0.6) is 0 Å². The third-order valence-electron chi connectivity index (χ3n) is 4.53. The van der Waals surface area contributed by atoms with Gasteiger partial charge in [0.2, 0.25) is 0 Å². The molecular weight excluding hydrogens is 330 g/mol. The predicted molar refractivity (Wildman–Crippen MR) is 99.7 cm³/mol.